The Labute approximate surface area is 225 Å². The molecule has 1 aliphatic carbocycles. The van der Waals surface area contributed by atoms with Crippen LogP contribution in [0.4, 0.5) is 0 Å². The van der Waals surface area contributed by atoms with Crippen LogP contribution in [0.2, 0.25) is 0 Å². The van der Waals surface area contributed by atoms with Gasteiger partial charge in [-0.3, -0.25) is 14.4 Å². The van der Waals surface area contributed by atoms with E-state index in [0.717, 1.165) is 51.6 Å². The number of nitrogens with one attached hydrogen (secondary N) is 1. The lowest BCUT2D eigenvalue weighted by molar-refractivity contribution is -0.161. The summed E-state index contributed by atoms with van der Waals surface area (Å²) in [5.74, 6) is -0.306. The molecule has 9 nitrogen and oxygen atoms in total. The van der Waals surface area contributed by atoms with Gasteiger partial charge in [-0.2, -0.15) is 0 Å². The molecule has 1 aromatic heterocycles. The lowest BCUT2D eigenvalue weighted by atomic mass is 9.83. The molecule has 1 unspecified atom stereocenters. The van der Waals surface area contributed by atoms with Crippen LogP contribution < -0.4 is 5.32 Å². The van der Waals surface area contributed by atoms with Crippen LogP contribution in [-0.2, 0) is 9.59 Å². The summed E-state index contributed by atoms with van der Waals surface area (Å²) in [4.78, 5) is 43.6. The van der Waals surface area contributed by atoms with Crippen molar-refractivity contribution < 1.29 is 18.8 Å². The number of ketones is 1. The molecule has 2 amide bonds. The Bertz CT molecular complexity index is 868. The lowest BCUT2D eigenvalue weighted by Crippen LogP contribution is -2.66. The average Bonchev–Trinajstić information content (AvgIpc) is 3.31. The van der Waals surface area contributed by atoms with Gasteiger partial charge in [0.25, 0.3) is 11.1 Å². The highest BCUT2D eigenvalue weighted by Gasteiger charge is 2.49. The summed E-state index contributed by atoms with van der Waals surface area (Å²) in [5, 5.41) is 11.9. The molecule has 1 saturated carbocycles. The number of thioether (sulfide) groups is 1. The lowest BCUT2D eigenvalue weighted by Gasteiger charge is -2.53. The fourth-order valence-corrected chi connectivity index (χ4v) is 6.01. The molecule has 2 fully saturated rings. The van der Waals surface area contributed by atoms with E-state index in [4.69, 9.17) is 4.42 Å². The quantitative estimate of drug-likeness (QED) is 0.192. The number of carbonyl (C=O) groups excluding carboxylic acids is 3. The van der Waals surface area contributed by atoms with Crippen molar-refractivity contribution in [1.82, 2.24) is 25.3 Å². The number of aromatic nitrogens is 2. The van der Waals surface area contributed by atoms with E-state index < -0.39 is 11.7 Å². The molecule has 2 heterocycles. The van der Waals surface area contributed by atoms with Gasteiger partial charge in [-0.1, -0.05) is 45.9 Å². The summed E-state index contributed by atoms with van der Waals surface area (Å²) in [6.45, 7) is 9.69. The van der Waals surface area contributed by atoms with Crippen molar-refractivity contribution in [3.05, 3.63) is 5.89 Å². The minimum Gasteiger partial charge on any atom is -0.408 e. The average molecular weight is 544 g/mol. The number of carbonyl (C=O) groups is 3. The van der Waals surface area contributed by atoms with Gasteiger partial charge in [0.15, 0.2) is 0 Å². The largest absolute Gasteiger partial charge is 0.408 e. The van der Waals surface area contributed by atoms with Gasteiger partial charge in [-0.05, 0) is 64.0 Å². The van der Waals surface area contributed by atoms with E-state index in [9.17, 15) is 14.4 Å². The normalized spacial score (nSPS) is 19.0. The maximum atomic E-state index is 13.7. The molecule has 3 rings (SSSR count). The number of Topliss-reactive ketones (excluding diaryl/α,β-unsaturated/α-hetero) is 1. The highest BCUT2D eigenvalue weighted by Crippen LogP contribution is 2.39. The fourth-order valence-electron chi connectivity index (χ4n) is 5.39. The van der Waals surface area contributed by atoms with Gasteiger partial charge in [-0.15, -0.1) is 22.6 Å². The van der Waals surface area contributed by atoms with Crippen molar-refractivity contribution in [2.24, 2.45) is 11.8 Å². The zero-order valence-corrected chi connectivity index (χ0v) is 23.8. The molecule has 1 atom stereocenters. The Morgan fingerprint density at radius 1 is 1.14 bits per heavy atom. The first-order chi connectivity index (χ1) is 16.7. The van der Waals surface area contributed by atoms with Crippen LogP contribution in [0.5, 0.6) is 0 Å². The predicted molar refractivity (Wildman–Crippen MR) is 142 cm³/mol. The Kier molecular flexibility index (Phi) is 11.7. The topological polar surface area (TPSA) is 109 Å². The third kappa shape index (κ3) is 7.01. The van der Waals surface area contributed by atoms with Crippen molar-refractivity contribution in [1.29, 1.82) is 0 Å². The number of nitrogens with zero attached hydrogens (tertiary/aromatic N) is 4. The van der Waals surface area contributed by atoms with E-state index in [1.165, 1.54) is 11.8 Å². The zero-order valence-electron chi connectivity index (χ0n) is 22.2. The predicted octanol–water partition coefficient (Wildman–Crippen LogP) is 4.17. The molecule has 1 saturated heterocycles. The van der Waals surface area contributed by atoms with E-state index in [0.29, 0.717) is 24.5 Å². The summed E-state index contributed by atoms with van der Waals surface area (Å²) in [5.41, 5.74) is -0.841. The standard InChI is InChI=1S/C25H41N5O4S.ClH/c1-17(2)15-20(21(32)22-27-28-24(34-22)35-18(3)4)30(16-31)25(11-7-6-8-12-25)29(5)23(33)19-9-13-26-14-10-19;/h16-20,26H,6-15H2,1-5H3;1H. The number of piperidine rings is 1. The molecule has 0 radical (unpaired) electrons. The van der Waals surface area contributed by atoms with Crippen LogP contribution in [0.15, 0.2) is 9.64 Å². The van der Waals surface area contributed by atoms with E-state index in [2.05, 4.69) is 15.5 Å². The SMILES string of the molecule is CC(C)CC(C(=O)c1nnc(SC(C)C)o1)N(C=O)C1(N(C)C(=O)C2CCNCC2)CCCCC1.Cl. The van der Waals surface area contributed by atoms with E-state index in [1.54, 1.807) is 9.80 Å². The highest BCUT2D eigenvalue weighted by atomic mass is 35.5. The van der Waals surface area contributed by atoms with E-state index in [-0.39, 0.29) is 47.1 Å². The zero-order chi connectivity index (χ0) is 25.6. The number of hydrogen-bond donors (Lipinski definition) is 1. The second kappa shape index (κ2) is 13.8. The Morgan fingerprint density at radius 2 is 1.78 bits per heavy atom. The second-order valence-corrected chi connectivity index (χ2v) is 12.1. The van der Waals surface area contributed by atoms with Crippen molar-refractivity contribution in [2.45, 2.75) is 101 Å². The van der Waals surface area contributed by atoms with Gasteiger partial charge in [-0.25, -0.2) is 0 Å². The number of amides is 2. The van der Waals surface area contributed by atoms with Crippen molar-refractivity contribution in [3.63, 3.8) is 0 Å². The molecule has 0 bridgehead atoms. The summed E-state index contributed by atoms with van der Waals surface area (Å²) in [6, 6.07) is -0.786. The minimum absolute atomic E-state index is 0. The number of halogens is 1. The van der Waals surface area contributed by atoms with Crippen molar-refractivity contribution >= 4 is 42.3 Å². The first kappa shape index (κ1) is 30.6. The van der Waals surface area contributed by atoms with Gasteiger partial charge in [0.2, 0.25) is 18.1 Å². The molecule has 0 spiro atoms. The summed E-state index contributed by atoms with van der Waals surface area (Å²) in [7, 11) is 1.81. The van der Waals surface area contributed by atoms with Gasteiger partial charge in [0, 0.05) is 18.2 Å². The van der Waals surface area contributed by atoms with Crippen molar-refractivity contribution in [2.75, 3.05) is 20.1 Å². The smallest absolute Gasteiger partial charge is 0.286 e. The van der Waals surface area contributed by atoms with Crippen LogP contribution in [-0.4, -0.2) is 75.2 Å². The molecule has 11 heteroatoms. The van der Waals surface area contributed by atoms with Crippen LogP contribution in [0.25, 0.3) is 0 Å². The molecular formula is C25H42ClN5O4S. The van der Waals surface area contributed by atoms with E-state index in [1.807, 2.05) is 34.7 Å². The molecule has 1 aliphatic heterocycles. The summed E-state index contributed by atoms with van der Waals surface area (Å²) >= 11 is 1.39. The first-order valence-electron chi connectivity index (χ1n) is 13.0. The van der Waals surface area contributed by atoms with Crippen LogP contribution in [0.1, 0.15) is 89.7 Å². The molecule has 2 aliphatic rings. The molecule has 1 aromatic rings. The Balaban J connectivity index is 0.00000456. The maximum absolute atomic E-state index is 13.7. The highest BCUT2D eigenvalue weighted by molar-refractivity contribution is 7.99. The second-order valence-electron chi connectivity index (χ2n) is 10.5. The van der Waals surface area contributed by atoms with Crippen LogP contribution in [0.3, 0.4) is 0 Å². The van der Waals surface area contributed by atoms with Gasteiger partial charge in [0.05, 0.1) is 0 Å². The summed E-state index contributed by atoms with van der Waals surface area (Å²) < 4.78 is 5.70. The minimum atomic E-state index is -0.841. The molecule has 36 heavy (non-hydrogen) atoms. The fraction of sp³-hybridized carbons (Fsp3) is 0.800. The number of hydrogen-bond acceptors (Lipinski definition) is 8. The van der Waals surface area contributed by atoms with Gasteiger partial charge in [0.1, 0.15) is 11.7 Å². The molecule has 204 valence electrons. The first-order valence-corrected chi connectivity index (χ1v) is 13.8. The van der Waals surface area contributed by atoms with Crippen LogP contribution >= 0.6 is 24.2 Å². The van der Waals surface area contributed by atoms with Crippen LogP contribution in [0, 0.1) is 11.8 Å². The molecular weight excluding hydrogens is 502 g/mol. The maximum Gasteiger partial charge on any atom is 0.286 e. The number of rotatable bonds is 11. The Hall–Kier alpha value is -1.65. The third-order valence-corrected chi connectivity index (χ3v) is 8.02. The molecule has 1 N–H and O–H groups in total. The van der Waals surface area contributed by atoms with E-state index >= 15 is 0 Å². The van der Waals surface area contributed by atoms with Crippen molar-refractivity contribution in [3.8, 4) is 0 Å². The Morgan fingerprint density at radius 3 is 2.33 bits per heavy atom. The van der Waals surface area contributed by atoms with Gasteiger partial charge >= 0.3 is 0 Å². The monoisotopic (exact) mass is 543 g/mol. The summed E-state index contributed by atoms with van der Waals surface area (Å²) in [6.07, 6.45) is 6.93. The third-order valence-electron chi connectivity index (χ3n) is 7.18. The molecule has 0 aromatic carbocycles. The van der Waals surface area contributed by atoms with Gasteiger partial charge < -0.3 is 19.5 Å².